The fourth-order valence-electron chi connectivity index (χ4n) is 1.04. The normalized spacial score (nSPS) is 47.1. The zero-order chi connectivity index (χ0) is 13.1. The third kappa shape index (κ3) is 3.52. The summed E-state index contributed by atoms with van der Waals surface area (Å²) in [5.74, 6) is -6.17. The fraction of sp³-hybridized carbons (Fsp3) is 1.00. The van der Waals surface area contributed by atoms with Gasteiger partial charge in [-0.3, -0.25) is 9.05 Å². The van der Waals surface area contributed by atoms with Gasteiger partial charge in [-0.1, -0.05) is 23.2 Å². The van der Waals surface area contributed by atoms with Crippen molar-refractivity contribution in [1.29, 1.82) is 0 Å². The van der Waals surface area contributed by atoms with Crippen LogP contribution < -0.4 is 0 Å². The molecule has 0 aromatic rings. The van der Waals surface area contributed by atoms with Crippen LogP contribution in [0.1, 0.15) is 6.92 Å². The van der Waals surface area contributed by atoms with Crippen molar-refractivity contribution in [3.8, 4) is 0 Å². The highest BCUT2D eigenvalue weighted by atomic mass is 35.9. The molecule has 2 aliphatic rings. The minimum Gasteiger partial charge on any atom is -0.282 e. The molecule has 3 unspecified atom stereocenters. The molecule has 14 heteroatoms. The number of halogens is 6. The molecule has 2 aliphatic heterocycles. The Morgan fingerprint density at radius 3 is 2.00 bits per heavy atom. The molecule has 17 heavy (non-hydrogen) atoms. The van der Waals surface area contributed by atoms with Crippen molar-refractivity contribution in [3.63, 3.8) is 0 Å². The van der Waals surface area contributed by atoms with Gasteiger partial charge in [0.05, 0.1) is 0 Å². The summed E-state index contributed by atoms with van der Waals surface area (Å²) < 4.78 is 22.4. The molecule has 3 atom stereocenters. The summed E-state index contributed by atoms with van der Waals surface area (Å²) in [5.41, 5.74) is -0.968. The van der Waals surface area contributed by atoms with Crippen LogP contribution in [-0.4, -0.2) is 10.6 Å². The first-order valence-electron chi connectivity index (χ1n) is 3.88. The summed E-state index contributed by atoms with van der Waals surface area (Å²) in [6.45, 7) is 1.50. The Hall–Kier alpha value is 2.35. The zero-order valence-corrected chi connectivity index (χ0v) is 15.1. The molecule has 0 aromatic heterocycles. The highest BCUT2D eigenvalue weighted by Gasteiger charge is 2.53. The summed E-state index contributed by atoms with van der Waals surface area (Å²) in [4.78, 5) is 0. The Bertz CT molecular complexity index is 512. The lowest BCUT2D eigenvalue weighted by Crippen LogP contribution is -2.24. The maximum Gasteiger partial charge on any atom is 0.349 e. The van der Waals surface area contributed by atoms with Gasteiger partial charge >= 0.3 is 7.66 Å². The summed E-state index contributed by atoms with van der Waals surface area (Å²) in [5, 5.41) is -1.30. The maximum absolute atomic E-state index is 5.98. The van der Waals surface area contributed by atoms with Gasteiger partial charge in [0, 0.05) is 0 Å². The average Bonchev–Trinajstić information content (AvgIpc) is 2.11. The lowest BCUT2D eigenvalue weighted by atomic mass is 10.4. The minimum absolute atomic E-state index is 0.968. The number of rotatable bonds is 0. The van der Waals surface area contributed by atoms with E-state index in [4.69, 9.17) is 77.2 Å². The van der Waals surface area contributed by atoms with E-state index in [-0.39, 0.29) is 0 Å². The quantitative estimate of drug-likeness (QED) is 0.304. The van der Waals surface area contributed by atoms with Crippen molar-refractivity contribution in [1.82, 2.24) is 0 Å². The van der Waals surface area contributed by atoms with Crippen LogP contribution in [0.25, 0.3) is 0 Å². The standard InChI is InChI=1S/C3H4Cl6N3O2P3/c1-3(5)2(4)13-17(14-3)11-15(6,7)10-16(8,9)12-17/h2H,1H3. The van der Waals surface area contributed by atoms with Gasteiger partial charge < -0.3 is 0 Å². The largest absolute Gasteiger partial charge is 0.349 e. The summed E-state index contributed by atoms with van der Waals surface area (Å²) in [7, 11) is -3.20. The van der Waals surface area contributed by atoms with E-state index in [9.17, 15) is 0 Å². The first kappa shape index (κ1) is 15.7. The van der Waals surface area contributed by atoms with E-state index in [1.54, 1.807) is 0 Å². The molecule has 0 radical (unpaired) electrons. The Morgan fingerprint density at radius 1 is 1.06 bits per heavy atom. The van der Waals surface area contributed by atoms with Gasteiger partial charge in [-0.25, -0.2) is 0 Å². The van der Waals surface area contributed by atoms with Gasteiger partial charge in [0.15, 0.2) is 10.6 Å². The van der Waals surface area contributed by atoms with E-state index in [1.165, 1.54) is 6.92 Å². The highest BCUT2D eigenvalue weighted by Crippen LogP contribution is 2.87. The third-order valence-electron chi connectivity index (χ3n) is 1.59. The van der Waals surface area contributed by atoms with Crippen LogP contribution in [0.5, 0.6) is 0 Å². The van der Waals surface area contributed by atoms with E-state index in [2.05, 4.69) is 13.5 Å². The topological polar surface area (TPSA) is 55.5 Å². The summed E-state index contributed by atoms with van der Waals surface area (Å²) >= 11 is 35.4. The first-order valence-corrected chi connectivity index (χ1v) is 13.2. The molecule has 1 fully saturated rings. The van der Waals surface area contributed by atoms with Crippen molar-refractivity contribution in [3.05, 3.63) is 0 Å². The van der Waals surface area contributed by atoms with E-state index in [0.717, 1.165) is 0 Å². The lowest BCUT2D eigenvalue weighted by Gasteiger charge is -2.21. The van der Waals surface area contributed by atoms with E-state index in [1.807, 2.05) is 0 Å². The Labute approximate surface area is 127 Å². The molecule has 1 spiro atoms. The van der Waals surface area contributed by atoms with Gasteiger partial charge in [0.1, 0.15) is 0 Å². The zero-order valence-electron chi connectivity index (χ0n) is 7.84. The van der Waals surface area contributed by atoms with Crippen LogP contribution in [0, 0.1) is 0 Å². The van der Waals surface area contributed by atoms with Crippen molar-refractivity contribution in [2.45, 2.75) is 17.5 Å². The molecule has 0 bridgehead atoms. The average molecular weight is 420 g/mol. The Balaban J connectivity index is 2.60. The molecule has 100 valence electrons. The lowest BCUT2D eigenvalue weighted by molar-refractivity contribution is 0.190. The second-order valence-corrected chi connectivity index (χ2v) is 16.4. The van der Waals surface area contributed by atoms with Gasteiger partial charge in [-0.05, 0) is 51.9 Å². The van der Waals surface area contributed by atoms with Crippen molar-refractivity contribution < 1.29 is 9.05 Å². The van der Waals surface area contributed by atoms with Crippen LogP contribution in [0.3, 0.4) is 0 Å². The predicted molar refractivity (Wildman–Crippen MR) is 77.5 cm³/mol. The van der Waals surface area contributed by atoms with E-state index < -0.39 is 30.1 Å². The number of alkyl halides is 2. The highest BCUT2D eigenvalue weighted by molar-refractivity contribution is 8.20. The van der Waals surface area contributed by atoms with Crippen LogP contribution in [0.2, 0.25) is 0 Å². The molecule has 0 aliphatic carbocycles. The molecule has 0 aromatic carbocycles. The van der Waals surface area contributed by atoms with E-state index in [0.29, 0.717) is 0 Å². The Kier molecular flexibility index (Phi) is 4.33. The molecule has 2 heterocycles. The molecule has 5 nitrogen and oxygen atoms in total. The van der Waals surface area contributed by atoms with Crippen molar-refractivity contribution in [2.75, 3.05) is 0 Å². The predicted octanol–water partition coefficient (Wildman–Crippen LogP) is 7.36. The maximum atomic E-state index is 5.98. The first-order chi connectivity index (χ1) is 7.46. The van der Waals surface area contributed by atoms with Crippen LogP contribution in [-0.2, 0) is 9.05 Å². The summed E-state index contributed by atoms with van der Waals surface area (Å²) in [6, 6.07) is 0. The second-order valence-electron chi connectivity index (χ2n) is 3.17. The summed E-state index contributed by atoms with van der Waals surface area (Å²) in [6.07, 6.45) is 0. The van der Waals surface area contributed by atoms with Crippen molar-refractivity contribution >= 4 is 87.6 Å². The number of hydrogen-bond acceptors (Lipinski definition) is 5. The van der Waals surface area contributed by atoms with Crippen LogP contribution in [0.15, 0.2) is 13.5 Å². The number of hydrogen-bond donors (Lipinski definition) is 0. The molecular weight excluding hydrogens is 416 g/mol. The number of nitrogens with zero attached hydrogens (tertiary/aromatic N) is 3. The Morgan fingerprint density at radius 2 is 1.59 bits per heavy atom. The van der Waals surface area contributed by atoms with Gasteiger partial charge in [0.25, 0.3) is 11.8 Å². The molecule has 1 saturated heterocycles. The second kappa shape index (κ2) is 4.68. The van der Waals surface area contributed by atoms with Gasteiger partial charge in [-0.15, -0.1) is 0 Å². The molecule has 2 rings (SSSR count). The fourth-order valence-corrected chi connectivity index (χ4v) is 16.0. The SMILES string of the molecule is CC1(Cl)OP2(=NP(Cl)(Cl)=NP(Cl)(Cl)=N2)OC1Cl. The molecule has 0 N–H and O–H groups in total. The molecular formula is C3H4Cl6N3O2P3. The monoisotopic (exact) mass is 417 g/mol. The third-order valence-corrected chi connectivity index (χ3v) is 13.9. The van der Waals surface area contributed by atoms with E-state index >= 15 is 0 Å². The van der Waals surface area contributed by atoms with Crippen LogP contribution in [0.4, 0.5) is 0 Å². The minimum atomic E-state index is -3.20. The van der Waals surface area contributed by atoms with Gasteiger partial charge in [-0.2, -0.15) is 13.5 Å². The smallest absolute Gasteiger partial charge is 0.282 e. The molecule has 0 saturated carbocycles. The van der Waals surface area contributed by atoms with Gasteiger partial charge in [0.2, 0.25) is 0 Å². The van der Waals surface area contributed by atoms with Crippen molar-refractivity contribution in [2.24, 2.45) is 13.5 Å². The molecule has 0 amide bonds. The van der Waals surface area contributed by atoms with Crippen LogP contribution >= 0.6 is 87.6 Å².